The number of hydrogen-bond acceptors (Lipinski definition) is 4. The summed E-state index contributed by atoms with van der Waals surface area (Å²) >= 11 is 6.21. The number of carbonyl (C=O) groups excluding carboxylic acids is 2. The van der Waals surface area contributed by atoms with Crippen molar-refractivity contribution in [3.63, 3.8) is 0 Å². The number of urea groups is 1. The molecule has 0 bridgehead atoms. The second-order valence-corrected chi connectivity index (χ2v) is 5.76. The first-order valence-corrected chi connectivity index (χ1v) is 7.54. The van der Waals surface area contributed by atoms with Gasteiger partial charge in [0.2, 0.25) is 5.91 Å². The van der Waals surface area contributed by atoms with Crippen LogP contribution < -0.4 is 11.1 Å². The van der Waals surface area contributed by atoms with E-state index in [9.17, 15) is 9.59 Å². The van der Waals surface area contributed by atoms with Crippen LogP contribution in [0.1, 0.15) is 25.0 Å². The van der Waals surface area contributed by atoms with Crippen LogP contribution in [0, 0.1) is 0 Å². The van der Waals surface area contributed by atoms with Gasteiger partial charge in [0.25, 0.3) is 0 Å². The van der Waals surface area contributed by atoms with Crippen LogP contribution in [0.25, 0.3) is 0 Å². The molecule has 6 nitrogen and oxygen atoms in total. The molecule has 3 amide bonds. The third-order valence-corrected chi connectivity index (χ3v) is 4.05. The number of carbonyl (C=O) groups is 2. The van der Waals surface area contributed by atoms with Gasteiger partial charge in [0.1, 0.15) is 0 Å². The summed E-state index contributed by atoms with van der Waals surface area (Å²) in [6.07, 6.45) is 0.0896. The Labute approximate surface area is 134 Å². The van der Waals surface area contributed by atoms with Crippen LogP contribution in [0.15, 0.2) is 24.3 Å². The highest BCUT2D eigenvalue weighted by molar-refractivity contribution is 6.31. The number of hydrogen-bond donors (Lipinski definition) is 2. The Balaban J connectivity index is 1.95. The number of primary amides is 1. The molecule has 3 N–H and O–H groups in total. The average molecular weight is 326 g/mol. The van der Waals surface area contributed by atoms with Gasteiger partial charge in [0.15, 0.2) is 0 Å². The van der Waals surface area contributed by atoms with Crippen LogP contribution >= 0.6 is 11.6 Å². The molecular formula is C15H20ClN3O3. The Bertz CT molecular complexity index is 553. The highest BCUT2D eigenvalue weighted by atomic mass is 35.5. The summed E-state index contributed by atoms with van der Waals surface area (Å²) in [6.45, 7) is 3.78. The highest BCUT2D eigenvalue weighted by Gasteiger charge is 2.28. The fraction of sp³-hybridized carbons (Fsp3) is 0.467. The Morgan fingerprint density at radius 1 is 1.45 bits per heavy atom. The summed E-state index contributed by atoms with van der Waals surface area (Å²) in [4.78, 5) is 24.3. The zero-order chi connectivity index (χ0) is 16.1. The van der Waals surface area contributed by atoms with Crippen LogP contribution in [-0.4, -0.2) is 42.6 Å². The first-order valence-electron chi connectivity index (χ1n) is 7.16. The van der Waals surface area contributed by atoms with Gasteiger partial charge in [0, 0.05) is 36.1 Å². The molecule has 1 fully saturated rings. The third-order valence-electron chi connectivity index (χ3n) is 3.70. The van der Waals surface area contributed by atoms with E-state index in [0.717, 1.165) is 5.56 Å². The molecule has 1 aliphatic heterocycles. The number of nitrogens with zero attached hydrogens (tertiary/aromatic N) is 1. The molecule has 120 valence electrons. The topological polar surface area (TPSA) is 84.7 Å². The second kappa shape index (κ2) is 7.58. The second-order valence-electron chi connectivity index (χ2n) is 5.35. The lowest BCUT2D eigenvalue weighted by Crippen LogP contribution is -2.46. The molecule has 7 heteroatoms. The van der Waals surface area contributed by atoms with Crippen molar-refractivity contribution in [3.8, 4) is 0 Å². The van der Waals surface area contributed by atoms with Crippen molar-refractivity contribution in [3.05, 3.63) is 34.9 Å². The van der Waals surface area contributed by atoms with Gasteiger partial charge in [-0.15, -0.1) is 0 Å². The predicted molar refractivity (Wildman–Crippen MR) is 83.5 cm³/mol. The van der Waals surface area contributed by atoms with Crippen LogP contribution in [0.5, 0.6) is 0 Å². The number of amides is 3. The first-order chi connectivity index (χ1) is 10.5. The fourth-order valence-electron chi connectivity index (χ4n) is 2.49. The number of imide groups is 1. The predicted octanol–water partition coefficient (Wildman–Crippen LogP) is 1.69. The number of benzene rings is 1. The number of halogens is 1. The van der Waals surface area contributed by atoms with Crippen LogP contribution in [-0.2, 0) is 9.53 Å². The highest BCUT2D eigenvalue weighted by Crippen LogP contribution is 2.29. The Hall–Kier alpha value is -1.63. The van der Waals surface area contributed by atoms with Crippen LogP contribution in [0.3, 0.4) is 0 Å². The van der Waals surface area contributed by atoms with E-state index in [1.54, 1.807) is 0 Å². The van der Waals surface area contributed by atoms with Crippen LogP contribution in [0.4, 0.5) is 4.79 Å². The number of nitrogens with two attached hydrogens (primary N) is 1. The largest absolute Gasteiger partial charge is 0.371 e. The van der Waals surface area contributed by atoms with Gasteiger partial charge in [-0.3, -0.25) is 15.0 Å². The number of ether oxygens (including phenoxy) is 1. The molecular weight excluding hydrogens is 306 g/mol. The first kappa shape index (κ1) is 16.7. The van der Waals surface area contributed by atoms with Gasteiger partial charge in [0.05, 0.1) is 12.7 Å². The zero-order valence-electron chi connectivity index (χ0n) is 12.4. The summed E-state index contributed by atoms with van der Waals surface area (Å²) in [6, 6.07) is 6.95. The quantitative estimate of drug-likeness (QED) is 0.882. The van der Waals surface area contributed by atoms with Crippen molar-refractivity contribution >= 4 is 23.5 Å². The number of morpholine rings is 1. The lowest BCUT2D eigenvalue weighted by Gasteiger charge is -2.38. The summed E-state index contributed by atoms with van der Waals surface area (Å²) in [5.74, 6) is -0.375. The minimum atomic E-state index is -0.825. The zero-order valence-corrected chi connectivity index (χ0v) is 13.2. The average Bonchev–Trinajstić information content (AvgIpc) is 2.46. The Morgan fingerprint density at radius 2 is 2.18 bits per heavy atom. The lowest BCUT2D eigenvalue weighted by atomic mass is 10.1. The maximum atomic E-state index is 11.5. The smallest absolute Gasteiger partial charge is 0.318 e. The van der Waals surface area contributed by atoms with Gasteiger partial charge in [-0.2, -0.15) is 0 Å². The molecule has 0 saturated carbocycles. The normalized spacial score (nSPS) is 22.3. The summed E-state index contributed by atoms with van der Waals surface area (Å²) < 4.78 is 5.86. The van der Waals surface area contributed by atoms with Gasteiger partial charge in [-0.25, -0.2) is 4.79 Å². The standard InChI is InChI=1S/C15H20ClN3O3/c1-10-9-22-13(11-4-2-3-5-12(11)16)8-19(10)7-6-14(20)18-15(17)21/h2-5,10,13H,6-9H2,1H3,(H3,17,18,20,21)/t10-,13-/m0/s1. The molecule has 1 aromatic rings. The molecule has 22 heavy (non-hydrogen) atoms. The van der Waals surface area contributed by atoms with Gasteiger partial charge in [-0.05, 0) is 13.0 Å². The number of nitrogens with one attached hydrogen (secondary N) is 1. The van der Waals surface area contributed by atoms with E-state index in [0.29, 0.717) is 24.7 Å². The van der Waals surface area contributed by atoms with E-state index < -0.39 is 6.03 Å². The molecule has 0 unspecified atom stereocenters. The minimum absolute atomic E-state index is 0.121. The summed E-state index contributed by atoms with van der Waals surface area (Å²) in [5, 5.41) is 2.74. The van der Waals surface area contributed by atoms with Gasteiger partial charge < -0.3 is 10.5 Å². The molecule has 0 aliphatic carbocycles. The molecule has 1 aliphatic rings. The van der Waals surface area contributed by atoms with Gasteiger partial charge >= 0.3 is 6.03 Å². The molecule has 1 aromatic carbocycles. The summed E-state index contributed by atoms with van der Waals surface area (Å²) in [5.41, 5.74) is 5.87. The van der Waals surface area contributed by atoms with E-state index in [1.165, 1.54) is 0 Å². The Morgan fingerprint density at radius 3 is 2.86 bits per heavy atom. The molecule has 0 spiro atoms. The van der Waals surface area contributed by atoms with Gasteiger partial charge in [-0.1, -0.05) is 29.8 Å². The van der Waals surface area contributed by atoms with E-state index in [4.69, 9.17) is 22.1 Å². The molecule has 0 aromatic heterocycles. The third kappa shape index (κ3) is 4.43. The minimum Gasteiger partial charge on any atom is -0.371 e. The fourth-order valence-corrected chi connectivity index (χ4v) is 2.74. The van der Waals surface area contributed by atoms with E-state index in [-0.39, 0.29) is 24.5 Å². The van der Waals surface area contributed by atoms with Crippen molar-refractivity contribution in [2.24, 2.45) is 5.73 Å². The maximum absolute atomic E-state index is 11.5. The molecule has 1 saturated heterocycles. The maximum Gasteiger partial charge on any atom is 0.318 e. The van der Waals surface area contributed by atoms with E-state index >= 15 is 0 Å². The van der Waals surface area contributed by atoms with Crippen molar-refractivity contribution in [1.82, 2.24) is 10.2 Å². The van der Waals surface area contributed by atoms with E-state index in [1.807, 2.05) is 31.2 Å². The molecule has 1 heterocycles. The van der Waals surface area contributed by atoms with Crippen molar-refractivity contribution in [1.29, 1.82) is 0 Å². The SMILES string of the molecule is C[C@H]1CO[C@H](c2ccccc2Cl)CN1CCC(=O)NC(N)=O. The Kier molecular flexibility index (Phi) is 5.76. The van der Waals surface area contributed by atoms with Crippen LogP contribution in [0.2, 0.25) is 5.02 Å². The van der Waals surface area contributed by atoms with Crippen molar-refractivity contribution < 1.29 is 14.3 Å². The molecule has 0 radical (unpaired) electrons. The number of rotatable bonds is 4. The monoisotopic (exact) mass is 325 g/mol. The molecule has 2 atom stereocenters. The molecule has 2 rings (SSSR count). The van der Waals surface area contributed by atoms with Crippen molar-refractivity contribution in [2.45, 2.75) is 25.5 Å². The summed E-state index contributed by atoms with van der Waals surface area (Å²) in [7, 11) is 0. The van der Waals surface area contributed by atoms with E-state index in [2.05, 4.69) is 10.2 Å². The van der Waals surface area contributed by atoms with Crippen molar-refractivity contribution in [2.75, 3.05) is 19.7 Å². The lowest BCUT2D eigenvalue weighted by molar-refractivity contribution is -0.121.